The Kier molecular flexibility index (Phi) is 81.5. The van der Waals surface area contributed by atoms with Crippen LogP contribution in [0.2, 0.25) is 0 Å². The summed E-state index contributed by atoms with van der Waals surface area (Å²) in [5.41, 5.74) is 10.7. The molecule has 0 radical (unpaired) electrons. The molecule has 0 unspecified atom stereocenters. The minimum atomic E-state index is -0.716. The van der Waals surface area contributed by atoms with Crippen molar-refractivity contribution >= 4 is 312 Å². The lowest BCUT2D eigenvalue weighted by Gasteiger charge is -2.25. The third-order valence-corrected chi connectivity index (χ3v) is 24.1. The zero-order valence-corrected chi connectivity index (χ0v) is 106. The Hall–Kier alpha value is -1.19. The average Bonchev–Trinajstić information content (AvgIpc) is 1.24. The lowest BCUT2D eigenvalue weighted by molar-refractivity contribution is -0.191. The molecule has 0 saturated carbocycles. The molecule has 5 fully saturated rings. The number of carbonyl (C=O) groups is 4. The van der Waals surface area contributed by atoms with Crippen LogP contribution in [0.25, 0.3) is 0 Å². The lowest BCUT2D eigenvalue weighted by Crippen LogP contribution is -2.30. The highest BCUT2D eigenvalue weighted by Gasteiger charge is 2.34. The maximum atomic E-state index is 13.0. The Bertz CT molecular complexity index is 4810. The molecule has 5 aliphatic heterocycles. The van der Waals surface area contributed by atoms with Crippen molar-refractivity contribution in [2.75, 3.05) is 125 Å². The Labute approximate surface area is 972 Å². The fourth-order valence-electron chi connectivity index (χ4n) is 12.3. The highest BCUT2D eigenvalue weighted by atomic mass is 127. The molecule has 140 heavy (non-hydrogen) atoms. The first-order valence-corrected chi connectivity index (χ1v) is 51.7. The third kappa shape index (κ3) is 53.7. The van der Waals surface area contributed by atoms with Gasteiger partial charge in [-0.25, -0.2) is 0 Å². The molecular weight excluding hydrogens is 2760 g/mol. The van der Waals surface area contributed by atoms with Gasteiger partial charge in [0.25, 0.3) is 0 Å². The van der Waals surface area contributed by atoms with Gasteiger partial charge in [0, 0.05) is 131 Å². The molecule has 0 aliphatic carbocycles. The molecule has 8 aromatic carbocycles. The molecule has 0 atom stereocenters. The predicted octanol–water partition coefficient (Wildman–Crippen LogP) is 31.3. The molecule has 5 saturated heterocycles. The zero-order valence-electron chi connectivity index (χ0n) is 81.0. The van der Waals surface area contributed by atoms with Crippen LogP contribution in [0.3, 0.4) is 0 Å². The number of benzene rings is 8. The van der Waals surface area contributed by atoms with Crippen LogP contribution >= 0.6 is 281 Å². The van der Waals surface area contributed by atoms with Gasteiger partial charge in [0.15, 0.2) is 31.5 Å². The van der Waals surface area contributed by atoms with Crippen molar-refractivity contribution in [3.63, 3.8) is 0 Å². The Morgan fingerprint density at radius 2 is 0.521 bits per heavy atom. The second-order valence-electron chi connectivity index (χ2n) is 34.4. The normalized spacial score (nSPS) is 13.8. The number of hydrogen-bond donors (Lipinski definition) is 1. The van der Waals surface area contributed by atoms with E-state index in [4.69, 9.17) is 71.2 Å². The van der Waals surface area contributed by atoms with Crippen LogP contribution < -0.4 is 0 Å². The summed E-state index contributed by atoms with van der Waals surface area (Å²) in [5.74, 6) is 0.560. The Morgan fingerprint density at radius 3 is 0.743 bits per heavy atom. The SMILES string of the molecule is Brc1cc(Br)cc(C2OCCO2)c1.CC(C)(CF)c1cc(Br)cc(C2OCCO2)c1.CC(C)(CF)c1cc(Br)cc(C=O)c1.CC(C)(CO)c1cc(Br)cc(C2OCCO2)c1.CC(C)C.CI.COC(=O)C(C)(C)c1cc(Br)cc(C2OCCO2)c1.COCC(C)(C)c1cc(Br)cc(C2OCCO2)c1.COCC(C)(C)c1cc(Br)cc(C=O)c1.Cl.Cl.Cl.Cl.Cl.Cl.Cl.Cl.O=C=O.O=Cc1cc(Br)cc(Br)c1. The number of aldehydes is 3. The van der Waals surface area contributed by atoms with Gasteiger partial charge in [-0.15, -0.1) is 99.3 Å². The van der Waals surface area contributed by atoms with Crippen molar-refractivity contribution in [1.29, 1.82) is 0 Å². The quantitative estimate of drug-likeness (QED) is 0.0287. The van der Waals surface area contributed by atoms with Gasteiger partial charge in [-0.2, -0.15) is 9.59 Å². The number of methoxy groups -OCH3 is 3. The number of rotatable bonds is 22. The number of hydrogen-bond acceptors (Lipinski definition) is 20. The van der Waals surface area contributed by atoms with E-state index in [-0.39, 0.29) is 166 Å². The minimum Gasteiger partial charge on any atom is -0.468 e. The molecule has 8 aromatic rings. The molecular formula is C99H129Br10Cl8F2IO20. The van der Waals surface area contributed by atoms with Gasteiger partial charge in [0.1, 0.15) is 18.9 Å². The highest BCUT2D eigenvalue weighted by Crippen LogP contribution is 2.40. The first-order chi connectivity index (χ1) is 62.1. The van der Waals surface area contributed by atoms with E-state index < -0.39 is 29.6 Å². The zero-order chi connectivity index (χ0) is 99.5. The molecule has 0 bridgehead atoms. The van der Waals surface area contributed by atoms with Gasteiger partial charge in [0.05, 0.1) is 112 Å². The largest absolute Gasteiger partial charge is 0.468 e. The van der Waals surface area contributed by atoms with Crippen molar-refractivity contribution in [3.05, 3.63) is 268 Å². The summed E-state index contributed by atoms with van der Waals surface area (Å²) in [5, 5.41) is 9.42. The van der Waals surface area contributed by atoms with Crippen LogP contribution in [0, 0.1) is 5.92 Å². The standard InChI is InChI=1S/C14H17BrO4.C14H19BrO3.C13H16BrFO2.C13H17BrO3.C12H15BrO2.C11H12BrFO.C9H8Br2O2.C7H4Br2O.C4H10.CH3I.CO2.8ClH/c1-14(2,13(16)17-3)10-6-9(7-11(15)8-10)12-18-4-5-19-12;1-14(2,9-16-3)11-6-10(7-12(15)8-11)13-17-4-5-18-13;2*1-13(2,8-15)10-5-9(6-11(14)7-10)12-16-3-4-17-12;1-12(2,8-15-3)10-4-9(7-14)5-11(13)6-10;1-11(2,7-13)9-3-8(6-14)4-10(12)5-9;10-7-3-6(4-8(11)5-7)9-12-1-2-13-9;8-6-1-5(4-10)2-7(9)3-6;1-4(2)3;1-2;2-1-3;;;;;;;;/h6-8,12H,4-5H2,1-3H3;6-8,13H,4-5,9H2,1-3H3;5-7,12H,3-4,8H2,1-2H3;5-7,12,15H,3-4,8H2,1-2H3;4-7H,8H2,1-3H3;3-6H,7H2,1-2H3;3-5,9H,1-2H2;1-4H;4H,1-3H3;1H3;;8*1H. The summed E-state index contributed by atoms with van der Waals surface area (Å²) >= 11 is 36.2. The summed E-state index contributed by atoms with van der Waals surface area (Å²) in [7, 11) is 4.80. The molecule has 5 aliphatic rings. The van der Waals surface area contributed by atoms with Crippen molar-refractivity contribution in [2.24, 2.45) is 5.92 Å². The molecule has 13 rings (SSSR count). The number of alkyl halides is 3. The van der Waals surface area contributed by atoms with Crippen LogP contribution in [-0.2, 0) is 108 Å². The number of halogens is 21. The summed E-state index contributed by atoms with van der Waals surface area (Å²) < 4.78 is 105. The monoisotopic (exact) mass is 2870 g/mol. The summed E-state index contributed by atoms with van der Waals surface area (Å²) in [4.78, 5) is 61.7. The van der Waals surface area contributed by atoms with Crippen molar-refractivity contribution < 1.29 is 104 Å². The van der Waals surface area contributed by atoms with E-state index in [2.05, 4.69) is 242 Å². The minimum absolute atomic E-state index is 0. The molecule has 0 aromatic heterocycles. The second kappa shape index (κ2) is 76.3. The fraction of sp³-hybridized carbons (Fsp3) is 0.465. The summed E-state index contributed by atoms with van der Waals surface area (Å²) in [6.45, 7) is 37.0. The molecule has 5 heterocycles. The topological polar surface area (TPSA) is 243 Å². The predicted molar refractivity (Wildman–Crippen MR) is 614 cm³/mol. The van der Waals surface area contributed by atoms with Crippen molar-refractivity contribution in [3.8, 4) is 0 Å². The van der Waals surface area contributed by atoms with E-state index in [1.54, 1.807) is 44.6 Å². The highest BCUT2D eigenvalue weighted by molar-refractivity contribution is 14.1. The third-order valence-electron chi connectivity index (χ3n) is 19.6. The summed E-state index contributed by atoms with van der Waals surface area (Å²) in [6, 6.07) is 46.4. The first-order valence-electron chi connectivity index (χ1n) is 41.6. The number of carbonyl (C=O) groups excluding carboxylic acids is 6. The number of esters is 1. The maximum Gasteiger partial charge on any atom is 0.373 e. The van der Waals surface area contributed by atoms with E-state index in [1.165, 1.54) is 12.7 Å². The molecule has 41 heteroatoms. The lowest BCUT2D eigenvalue weighted by atomic mass is 9.84. The molecule has 0 spiro atoms. The Balaban J connectivity index is -0.000000360. The van der Waals surface area contributed by atoms with Gasteiger partial charge in [-0.1, -0.05) is 290 Å². The number of aliphatic hydroxyl groups excluding tert-OH is 1. The van der Waals surface area contributed by atoms with Crippen LogP contribution in [0.5, 0.6) is 0 Å². The van der Waals surface area contributed by atoms with Gasteiger partial charge in [-0.3, -0.25) is 28.0 Å². The average molecular weight is 2890 g/mol. The van der Waals surface area contributed by atoms with Crippen molar-refractivity contribution in [1.82, 2.24) is 0 Å². The molecule has 20 nitrogen and oxygen atoms in total. The number of ether oxygens (including phenoxy) is 13. The van der Waals surface area contributed by atoms with E-state index >= 15 is 0 Å². The molecule has 0 amide bonds. The van der Waals surface area contributed by atoms with E-state index in [9.17, 15) is 33.1 Å². The van der Waals surface area contributed by atoms with Gasteiger partial charge in [0.2, 0.25) is 0 Å². The smallest absolute Gasteiger partial charge is 0.373 e. The van der Waals surface area contributed by atoms with Gasteiger partial charge < -0.3 is 66.7 Å². The molecule has 792 valence electrons. The van der Waals surface area contributed by atoms with Crippen LogP contribution in [0.1, 0.15) is 228 Å². The fourth-order valence-corrected chi connectivity index (χ4v) is 18.0. The first kappa shape index (κ1) is 149. The van der Waals surface area contributed by atoms with E-state index in [1.807, 2.05) is 163 Å². The molecule has 1 N–H and O–H groups in total. The maximum absolute atomic E-state index is 13.0. The van der Waals surface area contributed by atoms with Crippen LogP contribution in [0.15, 0.2) is 190 Å². The van der Waals surface area contributed by atoms with Gasteiger partial charge >= 0.3 is 12.1 Å². The second-order valence-corrected chi connectivity index (χ2v) is 43.6. The number of aliphatic hydroxyl groups is 1. The van der Waals surface area contributed by atoms with Crippen LogP contribution in [0.4, 0.5) is 8.78 Å². The van der Waals surface area contributed by atoms with Crippen LogP contribution in [-0.4, -0.2) is 162 Å². The Morgan fingerprint density at radius 1 is 0.343 bits per heavy atom. The van der Waals surface area contributed by atoms with Gasteiger partial charge in [-0.05, 0) is 185 Å². The summed E-state index contributed by atoms with van der Waals surface area (Å²) in [6.07, 6.45) is 1.30. The van der Waals surface area contributed by atoms with Crippen molar-refractivity contribution in [2.45, 2.75) is 168 Å². The van der Waals surface area contributed by atoms with E-state index in [0.29, 0.717) is 96.0 Å². The van der Waals surface area contributed by atoms with E-state index in [0.717, 1.165) is 125 Å².